The lowest BCUT2D eigenvalue weighted by atomic mass is 10.1. The maximum absolute atomic E-state index is 12.4. The van der Waals surface area contributed by atoms with E-state index in [1.54, 1.807) is 11.0 Å². The fraction of sp³-hybridized carbons (Fsp3) is 0.316. The molecule has 2 aromatic carbocycles. The second-order valence-corrected chi connectivity index (χ2v) is 5.75. The molecule has 0 spiro atoms. The standard InChI is InChI=1S/C19H22ClNO2/c1-4-21(5-2)19(22)16-7-6-8-18(13-16)23-14(3)15-9-11-17(20)12-10-15/h6-14H,4-5H2,1-3H3. The molecule has 0 aliphatic carbocycles. The van der Waals surface area contributed by atoms with Crippen LogP contribution >= 0.6 is 11.6 Å². The Hall–Kier alpha value is -2.00. The van der Waals surface area contributed by atoms with Crippen molar-refractivity contribution in [2.24, 2.45) is 0 Å². The molecule has 0 bridgehead atoms. The molecule has 2 aromatic rings. The molecule has 23 heavy (non-hydrogen) atoms. The molecule has 122 valence electrons. The maximum atomic E-state index is 12.4. The van der Waals surface area contributed by atoms with E-state index in [1.807, 2.05) is 63.2 Å². The van der Waals surface area contributed by atoms with Crippen LogP contribution in [0, 0.1) is 0 Å². The minimum absolute atomic E-state index is 0.0274. The topological polar surface area (TPSA) is 29.5 Å². The van der Waals surface area contributed by atoms with Gasteiger partial charge in [0.1, 0.15) is 11.9 Å². The molecule has 0 heterocycles. The molecule has 0 N–H and O–H groups in total. The largest absolute Gasteiger partial charge is 0.486 e. The van der Waals surface area contributed by atoms with E-state index in [0.717, 1.165) is 5.56 Å². The van der Waals surface area contributed by atoms with Crippen LogP contribution in [0.5, 0.6) is 5.75 Å². The summed E-state index contributed by atoms with van der Waals surface area (Å²) in [4.78, 5) is 14.2. The minimum atomic E-state index is -0.119. The number of carbonyl (C=O) groups is 1. The van der Waals surface area contributed by atoms with Crippen LogP contribution in [0.3, 0.4) is 0 Å². The van der Waals surface area contributed by atoms with Crippen LogP contribution in [0.15, 0.2) is 48.5 Å². The van der Waals surface area contributed by atoms with Crippen LogP contribution in [-0.2, 0) is 0 Å². The van der Waals surface area contributed by atoms with Gasteiger partial charge in [-0.25, -0.2) is 0 Å². The average Bonchev–Trinajstić information content (AvgIpc) is 2.56. The van der Waals surface area contributed by atoms with E-state index in [0.29, 0.717) is 29.4 Å². The van der Waals surface area contributed by atoms with E-state index in [2.05, 4.69) is 0 Å². The second kappa shape index (κ2) is 8.02. The number of hydrogen-bond donors (Lipinski definition) is 0. The van der Waals surface area contributed by atoms with Crippen LogP contribution < -0.4 is 4.74 Å². The van der Waals surface area contributed by atoms with Gasteiger partial charge >= 0.3 is 0 Å². The maximum Gasteiger partial charge on any atom is 0.253 e. The van der Waals surface area contributed by atoms with Crippen LogP contribution in [0.2, 0.25) is 5.02 Å². The highest BCUT2D eigenvalue weighted by molar-refractivity contribution is 6.30. The molecule has 2 rings (SSSR count). The Kier molecular flexibility index (Phi) is 6.05. The fourth-order valence-corrected chi connectivity index (χ4v) is 2.53. The summed E-state index contributed by atoms with van der Waals surface area (Å²) in [6.45, 7) is 7.32. The quantitative estimate of drug-likeness (QED) is 0.748. The van der Waals surface area contributed by atoms with Crippen LogP contribution in [-0.4, -0.2) is 23.9 Å². The van der Waals surface area contributed by atoms with Crippen molar-refractivity contribution in [3.8, 4) is 5.75 Å². The highest BCUT2D eigenvalue weighted by atomic mass is 35.5. The van der Waals surface area contributed by atoms with Crippen LogP contribution in [0.4, 0.5) is 0 Å². The monoisotopic (exact) mass is 331 g/mol. The third-order valence-corrected chi connectivity index (χ3v) is 4.04. The van der Waals surface area contributed by atoms with Crippen molar-refractivity contribution < 1.29 is 9.53 Å². The molecule has 0 fully saturated rings. The highest BCUT2D eigenvalue weighted by Gasteiger charge is 2.14. The molecule has 0 saturated heterocycles. The Balaban J connectivity index is 2.13. The van der Waals surface area contributed by atoms with Gasteiger partial charge in [-0.1, -0.05) is 29.8 Å². The molecule has 1 atom stereocenters. The van der Waals surface area contributed by atoms with Crippen molar-refractivity contribution in [3.63, 3.8) is 0 Å². The third kappa shape index (κ3) is 4.49. The molecule has 0 radical (unpaired) electrons. The number of amides is 1. The van der Waals surface area contributed by atoms with E-state index in [1.165, 1.54) is 0 Å². The van der Waals surface area contributed by atoms with Gasteiger partial charge < -0.3 is 9.64 Å². The number of halogens is 1. The Bertz CT molecular complexity index is 651. The zero-order valence-corrected chi connectivity index (χ0v) is 14.5. The Morgan fingerprint density at radius 3 is 2.39 bits per heavy atom. The van der Waals surface area contributed by atoms with Crippen molar-refractivity contribution in [1.29, 1.82) is 0 Å². The van der Waals surface area contributed by atoms with Gasteiger partial charge in [-0.15, -0.1) is 0 Å². The summed E-state index contributed by atoms with van der Waals surface area (Å²) in [6, 6.07) is 14.9. The normalized spacial score (nSPS) is 11.8. The van der Waals surface area contributed by atoms with Gasteiger partial charge in [0.2, 0.25) is 0 Å². The number of rotatable bonds is 6. The lowest BCUT2D eigenvalue weighted by molar-refractivity contribution is 0.0772. The molecule has 1 unspecified atom stereocenters. The van der Waals surface area contributed by atoms with E-state index >= 15 is 0 Å². The first-order valence-electron chi connectivity index (χ1n) is 7.86. The zero-order valence-electron chi connectivity index (χ0n) is 13.8. The van der Waals surface area contributed by atoms with E-state index in [4.69, 9.17) is 16.3 Å². The summed E-state index contributed by atoms with van der Waals surface area (Å²) in [7, 11) is 0. The van der Waals surface area contributed by atoms with Crippen molar-refractivity contribution in [3.05, 3.63) is 64.7 Å². The Morgan fingerprint density at radius 1 is 1.13 bits per heavy atom. The number of carbonyl (C=O) groups excluding carboxylic acids is 1. The first kappa shape index (κ1) is 17.4. The van der Waals surface area contributed by atoms with Crippen LogP contribution in [0.25, 0.3) is 0 Å². The molecular formula is C19H22ClNO2. The Labute approximate surface area is 142 Å². The first-order chi connectivity index (χ1) is 11.0. The van der Waals surface area contributed by atoms with Crippen molar-refractivity contribution in [2.75, 3.05) is 13.1 Å². The summed E-state index contributed by atoms with van der Waals surface area (Å²) in [6.07, 6.45) is -0.119. The van der Waals surface area contributed by atoms with Gasteiger partial charge in [0, 0.05) is 23.7 Å². The second-order valence-electron chi connectivity index (χ2n) is 5.32. The average molecular weight is 332 g/mol. The van der Waals surface area contributed by atoms with Gasteiger partial charge in [0.15, 0.2) is 0 Å². The lowest BCUT2D eigenvalue weighted by Gasteiger charge is -2.20. The molecule has 0 saturated carbocycles. The molecular weight excluding hydrogens is 310 g/mol. The van der Waals surface area contributed by atoms with Gasteiger partial charge in [0.25, 0.3) is 5.91 Å². The van der Waals surface area contributed by atoms with Gasteiger partial charge in [-0.2, -0.15) is 0 Å². The number of ether oxygens (including phenoxy) is 1. The predicted octanol–water partition coefficient (Wildman–Crippen LogP) is 4.96. The van der Waals surface area contributed by atoms with Crippen molar-refractivity contribution in [1.82, 2.24) is 4.90 Å². The van der Waals surface area contributed by atoms with E-state index in [-0.39, 0.29) is 12.0 Å². The Morgan fingerprint density at radius 2 is 1.78 bits per heavy atom. The molecule has 4 heteroatoms. The fourth-order valence-electron chi connectivity index (χ4n) is 2.40. The van der Waals surface area contributed by atoms with E-state index in [9.17, 15) is 4.79 Å². The molecule has 3 nitrogen and oxygen atoms in total. The van der Waals surface area contributed by atoms with Gasteiger partial charge in [-0.3, -0.25) is 4.79 Å². The number of benzene rings is 2. The number of nitrogens with zero attached hydrogens (tertiary/aromatic N) is 1. The lowest BCUT2D eigenvalue weighted by Crippen LogP contribution is -2.30. The summed E-state index contributed by atoms with van der Waals surface area (Å²) in [5, 5.41) is 0.702. The SMILES string of the molecule is CCN(CC)C(=O)c1cccc(OC(C)c2ccc(Cl)cc2)c1. The molecule has 0 aliphatic rings. The molecule has 0 aliphatic heterocycles. The van der Waals surface area contributed by atoms with Crippen LogP contribution in [0.1, 0.15) is 42.8 Å². The summed E-state index contributed by atoms with van der Waals surface area (Å²) >= 11 is 5.91. The molecule has 1 amide bonds. The summed E-state index contributed by atoms with van der Waals surface area (Å²) < 4.78 is 5.96. The van der Waals surface area contributed by atoms with Gasteiger partial charge in [-0.05, 0) is 56.7 Å². The molecule has 0 aromatic heterocycles. The minimum Gasteiger partial charge on any atom is -0.486 e. The highest BCUT2D eigenvalue weighted by Crippen LogP contribution is 2.24. The first-order valence-corrected chi connectivity index (χ1v) is 8.24. The van der Waals surface area contributed by atoms with Crippen molar-refractivity contribution in [2.45, 2.75) is 26.9 Å². The van der Waals surface area contributed by atoms with E-state index < -0.39 is 0 Å². The zero-order chi connectivity index (χ0) is 16.8. The number of hydrogen-bond acceptors (Lipinski definition) is 2. The summed E-state index contributed by atoms with van der Waals surface area (Å²) in [5.41, 5.74) is 1.68. The predicted molar refractivity (Wildman–Crippen MR) is 94.2 cm³/mol. The van der Waals surface area contributed by atoms with Crippen molar-refractivity contribution >= 4 is 17.5 Å². The summed E-state index contributed by atoms with van der Waals surface area (Å²) in [5.74, 6) is 0.713. The smallest absolute Gasteiger partial charge is 0.253 e. The third-order valence-electron chi connectivity index (χ3n) is 3.78. The van der Waals surface area contributed by atoms with Gasteiger partial charge in [0.05, 0.1) is 0 Å².